The number of ether oxygens (including phenoxy) is 2. The molecule has 0 unspecified atom stereocenters. The van der Waals surface area contributed by atoms with Gasteiger partial charge in [0.25, 0.3) is 15.6 Å². The SMILES string of the molecule is COCCOc1ncc(-c2ccc3ncc(O)c(=O)n3c2)cc1NS(=O)(=O)c1ccc(F)cc1F. The molecule has 0 spiro atoms. The van der Waals surface area contributed by atoms with E-state index in [9.17, 15) is 27.1 Å². The highest BCUT2D eigenvalue weighted by Crippen LogP contribution is 2.31. The molecule has 4 rings (SSSR count). The van der Waals surface area contributed by atoms with Crippen LogP contribution in [0, 0.1) is 11.6 Å². The molecule has 0 radical (unpaired) electrons. The molecule has 0 bridgehead atoms. The van der Waals surface area contributed by atoms with Gasteiger partial charge in [0.15, 0.2) is 0 Å². The van der Waals surface area contributed by atoms with Crippen molar-refractivity contribution in [3.8, 4) is 22.8 Å². The van der Waals surface area contributed by atoms with Crippen LogP contribution in [0.15, 0.2) is 64.7 Å². The summed E-state index contributed by atoms with van der Waals surface area (Å²) in [7, 11) is -3.05. The van der Waals surface area contributed by atoms with Crippen LogP contribution in [0.5, 0.6) is 11.6 Å². The summed E-state index contributed by atoms with van der Waals surface area (Å²) in [6.07, 6.45) is 3.80. The number of benzene rings is 1. The lowest BCUT2D eigenvalue weighted by Crippen LogP contribution is -2.17. The predicted octanol–water partition coefficient (Wildman–Crippen LogP) is 2.57. The van der Waals surface area contributed by atoms with Gasteiger partial charge in [-0.25, -0.2) is 27.2 Å². The van der Waals surface area contributed by atoms with E-state index in [1.165, 1.54) is 31.6 Å². The number of fused-ring (bicyclic) bond motifs is 1. The van der Waals surface area contributed by atoms with Gasteiger partial charge in [0, 0.05) is 36.7 Å². The first-order chi connectivity index (χ1) is 16.7. The molecule has 0 saturated carbocycles. The highest BCUT2D eigenvalue weighted by molar-refractivity contribution is 7.92. The molecular formula is C22H18F2N4O6S. The summed E-state index contributed by atoms with van der Waals surface area (Å²) < 4.78 is 66.9. The Labute approximate surface area is 197 Å². The van der Waals surface area contributed by atoms with E-state index >= 15 is 0 Å². The van der Waals surface area contributed by atoms with E-state index in [1.54, 1.807) is 6.07 Å². The molecule has 0 fully saturated rings. The lowest BCUT2D eigenvalue weighted by molar-refractivity contribution is 0.144. The standard InChI is InChI=1S/C22H18F2N4O6S/c1-33-6-7-34-21-17(27-35(31,32)19-4-3-15(23)9-16(19)24)8-14(10-26-21)13-2-5-20-25-11-18(29)22(30)28(20)12-13/h2-5,8-12,27,29H,6-7H2,1H3. The lowest BCUT2D eigenvalue weighted by Gasteiger charge is -2.15. The minimum atomic E-state index is -4.50. The number of sulfonamides is 1. The summed E-state index contributed by atoms with van der Waals surface area (Å²) in [6, 6.07) is 6.58. The fourth-order valence-electron chi connectivity index (χ4n) is 3.15. The van der Waals surface area contributed by atoms with Gasteiger partial charge in [-0.15, -0.1) is 0 Å². The van der Waals surface area contributed by atoms with E-state index in [-0.39, 0.29) is 30.4 Å². The minimum Gasteiger partial charge on any atom is -0.502 e. The first-order valence-electron chi connectivity index (χ1n) is 10.00. The van der Waals surface area contributed by atoms with Crippen molar-refractivity contribution in [3.63, 3.8) is 0 Å². The number of aromatic nitrogens is 3. The normalized spacial score (nSPS) is 11.5. The third kappa shape index (κ3) is 5.05. The summed E-state index contributed by atoms with van der Waals surface area (Å²) in [6.45, 7) is 0.227. The first-order valence-corrected chi connectivity index (χ1v) is 11.5. The highest BCUT2D eigenvalue weighted by atomic mass is 32.2. The second-order valence-corrected chi connectivity index (χ2v) is 8.84. The molecule has 0 saturated heterocycles. The van der Waals surface area contributed by atoms with Gasteiger partial charge in [0.05, 0.1) is 12.8 Å². The number of nitrogens with zero attached hydrogens (tertiary/aromatic N) is 3. The van der Waals surface area contributed by atoms with Gasteiger partial charge < -0.3 is 14.6 Å². The van der Waals surface area contributed by atoms with Gasteiger partial charge in [-0.2, -0.15) is 0 Å². The molecule has 3 heterocycles. The average Bonchev–Trinajstić information content (AvgIpc) is 2.82. The molecule has 0 aliphatic carbocycles. The maximum absolute atomic E-state index is 14.2. The number of aromatic hydroxyl groups is 1. The van der Waals surface area contributed by atoms with Crippen molar-refractivity contribution in [2.75, 3.05) is 25.0 Å². The van der Waals surface area contributed by atoms with Gasteiger partial charge in [0.1, 0.15) is 34.5 Å². The van der Waals surface area contributed by atoms with Crippen molar-refractivity contribution in [1.82, 2.24) is 14.4 Å². The number of rotatable bonds is 8. The quantitative estimate of drug-likeness (QED) is 0.350. The number of hydrogen-bond acceptors (Lipinski definition) is 8. The van der Waals surface area contributed by atoms with Gasteiger partial charge in [-0.05, 0) is 30.3 Å². The van der Waals surface area contributed by atoms with Crippen molar-refractivity contribution in [1.29, 1.82) is 0 Å². The Morgan fingerprint density at radius 2 is 1.86 bits per heavy atom. The van der Waals surface area contributed by atoms with Crippen LogP contribution in [-0.2, 0) is 14.8 Å². The zero-order valence-corrected chi connectivity index (χ0v) is 18.9. The number of pyridine rings is 2. The summed E-state index contributed by atoms with van der Waals surface area (Å²) in [5.74, 6) is -2.87. The van der Waals surface area contributed by atoms with Gasteiger partial charge in [0.2, 0.25) is 11.6 Å². The fourth-order valence-corrected chi connectivity index (χ4v) is 4.26. The maximum Gasteiger partial charge on any atom is 0.300 e. The lowest BCUT2D eigenvalue weighted by atomic mass is 10.1. The Morgan fingerprint density at radius 3 is 2.60 bits per heavy atom. The molecule has 13 heteroatoms. The van der Waals surface area contributed by atoms with E-state index in [0.717, 1.165) is 22.7 Å². The third-order valence-electron chi connectivity index (χ3n) is 4.82. The smallest absolute Gasteiger partial charge is 0.300 e. The van der Waals surface area contributed by atoms with Gasteiger partial charge in [-0.1, -0.05) is 0 Å². The van der Waals surface area contributed by atoms with Gasteiger partial charge in [-0.3, -0.25) is 13.9 Å². The molecule has 0 atom stereocenters. The third-order valence-corrected chi connectivity index (χ3v) is 6.22. The Hall–Kier alpha value is -4.10. The molecule has 182 valence electrons. The maximum atomic E-state index is 14.2. The predicted molar refractivity (Wildman–Crippen MR) is 121 cm³/mol. The largest absolute Gasteiger partial charge is 0.502 e. The number of nitrogens with one attached hydrogen (secondary N) is 1. The van der Waals surface area contributed by atoms with Crippen LogP contribution >= 0.6 is 0 Å². The van der Waals surface area contributed by atoms with E-state index in [0.29, 0.717) is 17.2 Å². The molecule has 10 nitrogen and oxygen atoms in total. The first kappa shape index (κ1) is 24.0. The van der Waals surface area contributed by atoms with Gasteiger partial charge >= 0.3 is 0 Å². The van der Waals surface area contributed by atoms with Crippen LogP contribution in [0.1, 0.15) is 0 Å². The van der Waals surface area contributed by atoms with Crippen molar-refractivity contribution < 1.29 is 31.8 Å². The topological polar surface area (TPSA) is 132 Å². The number of hydrogen-bond donors (Lipinski definition) is 2. The molecule has 1 aromatic carbocycles. The zero-order chi connectivity index (χ0) is 25.2. The van der Waals surface area contributed by atoms with Crippen LogP contribution in [0.25, 0.3) is 16.8 Å². The van der Waals surface area contributed by atoms with E-state index in [4.69, 9.17) is 9.47 Å². The van der Waals surface area contributed by atoms with Crippen LogP contribution in [0.3, 0.4) is 0 Å². The van der Waals surface area contributed by atoms with Crippen molar-refractivity contribution in [2.24, 2.45) is 0 Å². The number of halogens is 2. The Balaban J connectivity index is 1.78. The molecule has 35 heavy (non-hydrogen) atoms. The van der Waals surface area contributed by atoms with Crippen molar-refractivity contribution in [3.05, 3.63) is 77.0 Å². The van der Waals surface area contributed by atoms with Crippen LogP contribution in [0.2, 0.25) is 0 Å². The number of methoxy groups -OCH3 is 1. The van der Waals surface area contributed by atoms with E-state index in [2.05, 4.69) is 14.7 Å². The summed E-state index contributed by atoms with van der Waals surface area (Å²) in [5, 5.41) is 9.67. The average molecular weight is 504 g/mol. The number of anilines is 1. The molecule has 2 N–H and O–H groups in total. The summed E-state index contributed by atoms with van der Waals surface area (Å²) >= 11 is 0. The summed E-state index contributed by atoms with van der Waals surface area (Å²) in [5.41, 5.74) is 0.229. The Kier molecular flexibility index (Phi) is 6.62. The van der Waals surface area contributed by atoms with E-state index < -0.39 is 37.9 Å². The van der Waals surface area contributed by atoms with Crippen LogP contribution < -0.4 is 15.0 Å². The van der Waals surface area contributed by atoms with E-state index in [1.807, 2.05) is 0 Å². The Bertz CT molecular complexity index is 1580. The molecule has 0 aliphatic rings. The monoisotopic (exact) mass is 504 g/mol. The fraction of sp³-hybridized carbons (Fsp3) is 0.136. The van der Waals surface area contributed by atoms with Crippen molar-refractivity contribution >= 4 is 21.4 Å². The summed E-state index contributed by atoms with van der Waals surface area (Å²) in [4.78, 5) is 19.6. The second kappa shape index (κ2) is 9.64. The molecule has 4 aromatic rings. The zero-order valence-electron chi connectivity index (χ0n) is 18.1. The molecule has 0 amide bonds. The molecule has 3 aromatic heterocycles. The molecular weight excluding hydrogens is 486 g/mol. The molecule has 0 aliphatic heterocycles. The van der Waals surface area contributed by atoms with Crippen LogP contribution in [-0.4, -0.2) is 48.2 Å². The Morgan fingerprint density at radius 1 is 1.06 bits per heavy atom. The highest BCUT2D eigenvalue weighted by Gasteiger charge is 2.22. The van der Waals surface area contributed by atoms with Crippen molar-refractivity contribution in [2.45, 2.75) is 4.90 Å². The van der Waals surface area contributed by atoms with Crippen LogP contribution in [0.4, 0.5) is 14.5 Å². The minimum absolute atomic E-state index is 0.0405. The second-order valence-electron chi connectivity index (χ2n) is 7.19.